The Balaban J connectivity index is 1.69. The van der Waals surface area contributed by atoms with E-state index in [1.165, 1.54) is 23.9 Å². The topological polar surface area (TPSA) is 55.2 Å². The van der Waals surface area contributed by atoms with E-state index in [9.17, 15) is 14.0 Å². The Morgan fingerprint density at radius 1 is 1.09 bits per heavy atom. The first-order valence-corrected chi connectivity index (χ1v) is 11.5. The van der Waals surface area contributed by atoms with Crippen LogP contribution in [0, 0.1) is 12.7 Å². The summed E-state index contributed by atoms with van der Waals surface area (Å²) in [6.45, 7) is 4.02. The summed E-state index contributed by atoms with van der Waals surface area (Å²) in [7, 11) is 1.69. The standard InChI is InChI=1S/C26H24FN3O2S/c1-17-9-4-7-14-23(17)30-25(32)21-12-5-6-13-22(21)28-26(30)33-18(2)24(31)29(3)16-19-10-8-11-20(27)15-19/h4-15,18H,16H2,1-3H3. The molecule has 0 aliphatic heterocycles. The van der Waals surface area contributed by atoms with Gasteiger partial charge in [-0.2, -0.15) is 0 Å². The fourth-order valence-electron chi connectivity index (χ4n) is 3.72. The van der Waals surface area contributed by atoms with E-state index >= 15 is 0 Å². The van der Waals surface area contributed by atoms with E-state index in [-0.39, 0.29) is 23.8 Å². The molecule has 0 aliphatic carbocycles. The van der Waals surface area contributed by atoms with Gasteiger partial charge in [-0.1, -0.05) is 54.2 Å². The number of hydrogen-bond donors (Lipinski definition) is 0. The summed E-state index contributed by atoms with van der Waals surface area (Å²) in [6, 6.07) is 21.0. The third-order valence-electron chi connectivity index (χ3n) is 5.42. The van der Waals surface area contributed by atoms with Crippen molar-refractivity contribution in [1.82, 2.24) is 14.5 Å². The van der Waals surface area contributed by atoms with Crippen molar-refractivity contribution >= 4 is 28.6 Å². The molecule has 1 atom stereocenters. The number of carbonyl (C=O) groups excluding carboxylic acids is 1. The Labute approximate surface area is 195 Å². The highest BCUT2D eigenvalue weighted by Crippen LogP contribution is 2.27. The molecule has 1 aromatic heterocycles. The van der Waals surface area contributed by atoms with Crippen molar-refractivity contribution in [3.63, 3.8) is 0 Å². The molecule has 168 valence electrons. The minimum Gasteiger partial charge on any atom is -0.340 e. The van der Waals surface area contributed by atoms with E-state index in [0.717, 1.165) is 11.3 Å². The zero-order chi connectivity index (χ0) is 23.5. The average molecular weight is 462 g/mol. The smallest absolute Gasteiger partial charge is 0.266 e. The zero-order valence-electron chi connectivity index (χ0n) is 18.7. The molecule has 0 N–H and O–H groups in total. The fraction of sp³-hybridized carbons (Fsp3) is 0.192. The molecule has 5 nitrogen and oxygen atoms in total. The van der Waals surface area contributed by atoms with Crippen LogP contribution in [0.25, 0.3) is 16.6 Å². The number of para-hydroxylation sites is 2. The Bertz CT molecular complexity index is 1390. The van der Waals surface area contributed by atoms with Crippen molar-refractivity contribution in [3.05, 3.63) is 100 Å². The van der Waals surface area contributed by atoms with E-state index in [4.69, 9.17) is 4.98 Å². The van der Waals surface area contributed by atoms with Crippen LogP contribution in [0.15, 0.2) is 82.7 Å². The van der Waals surface area contributed by atoms with Crippen molar-refractivity contribution in [1.29, 1.82) is 0 Å². The number of thioether (sulfide) groups is 1. The van der Waals surface area contributed by atoms with Crippen LogP contribution >= 0.6 is 11.8 Å². The monoisotopic (exact) mass is 461 g/mol. The largest absolute Gasteiger partial charge is 0.340 e. The molecule has 0 saturated carbocycles. The predicted molar refractivity (Wildman–Crippen MR) is 130 cm³/mol. The highest BCUT2D eigenvalue weighted by Gasteiger charge is 2.23. The summed E-state index contributed by atoms with van der Waals surface area (Å²) in [5.74, 6) is -0.471. The van der Waals surface area contributed by atoms with Crippen LogP contribution in [0.4, 0.5) is 4.39 Å². The number of aryl methyl sites for hydroxylation is 1. The Morgan fingerprint density at radius 2 is 1.82 bits per heavy atom. The van der Waals surface area contributed by atoms with Gasteiger partial charge in [-0.25, -0.2) is 9.37 Å². The molecular weight excluding hydrogens is 437 g/mol. The number of carbonyl (C=O) groups is 1. The zero-order valence-corrected chi connectivity index (χ0v) is 19.5. The number of aromatic nitrogens is 2. The van der Waals surface area contributed by atoms with Gasteiger partial charge in [-0.05, 0) is 55.3 Å². The van der Waals surface area contributed by atoms with Crippen LogP contribution < -0.4 is 5.56 Å². The van der Waals surface area contributed by atoms with E-state index in [0.29, 0.717) is 21.6 Å². The third kappa shape index (κ3) is 4.83. The highest BCUT2D eigenvalue weighted by atomic mass is 32.2. The van der Waals surface area contributed by atoms with Gasteiger partial charge in [0.15, 0.2) is 5.16 Å². The van der Waals surface area contributed by atoms with Crippen LogP contribution in [0.5, 0.6) is 0 Å². The molecule has 0 fully saturated rings. The van der Waals surface area contributed by atoms with E-state index in [2.05, 4.69) is 0 Å². The fourth-order valence-corrected chi connectivity index (χ4v) is 4.76. The lowest BCUT2D eigenvalue weighted by molar-refractivity contribution is -0.129. The molecule has 1 amide bonds. The van der Waals surface area contributed by atoms with Crippen LogP contribution in [0.2, 0.25) is 0 Å². The molecule has 0 bridgehead atoms. The first-order valence-electron chi connectivity index (χ1n) is 10.6. The molecule has 4 rings (SSSR count). The Morgan fingerprint density at radius 3 is 2.58 bits per heavy atom. The predicted octanol–water partition coefficient (Wildman–Crippen LogP) is 4.97. The Kier molecular flexibility index (Phi) is 6.60. The molecule has 0 spiro atoms. The van der Waals surface area contributed by atoms with E-state index in [1.54, 1.807) is 47.7 Å². The van der Waals surface area contributed by atoms with Gasteiger partial charge in [0.1, 0.15) is 5.82 Å². The summed E-state index contributed by atoms with van der Waals surface area (Å²) in [6.07, 6.45) is 0. The molecule has 0 aliphatic rings. The van der Waals surface area contributed by atoms with Crippen LogP contribution in [-0.2, 0) is 11.3 Å². The Hall–Kier alpha value is -3.45. The summed E-state index contributed by atoms with van der Waals surface area (Å²) < 4.78 is 15.1. The molecular formula is C26H24FN3O2S. The molecule has 0 saturated heterocycles. The minimum absolute atomic E-state index is 0.136. The maximum atomic E-state index is 13.5. The van der Waals surface area contributed by atoms with Gasteiger partial charge in [-0.15, -0.1) is 0 Å². The van der Waals surface area contributed by atoms with E-state index < -0.39 is 5.25 Å². The van der Waals surface area contributed by atoms with Crippen molar-refractivity contribution in [2.75, 3.05) is 7.05 Å². The molecule has 4 aromatic rings. The second-order valence-corrected chi connectivity index (χ2v) is 9.23. The molecule has 33 heavy (non-hydrogen) atoms. The van der Waals surface area contributed by atoms with Gasteiger partial charge < -0.3 is 4.90 Å². The molecule has 7 heteroatoms. The van der Waals surface area contributed by atoms with Gasteiger partial charge in [0, 0.05) is 13.6 Å². The van der Waals surface area contributed by atoms with Gasteiger partial charge in [0.05, 0.1) is 21.8 Å². The number of halogens is 1. The van der Waals surface area contributed by atoms with Crippen molar-refractivity contribution in [2.24, 2.45) is 0 Å². The highest BCUT2D eigenvalue weighted by molar-refractivity contribution is 8.00. The maximum absolute atomic E-state index is 13.5. The van der Waals surface area contributed by atoms with Crippen LogP contribution in [0.1, 0.15) is 18.1 Å². The summed E-state index contributed by atoms with van der Waals surface area (Å²) in [5.41, 5.74) is 2.79. The molecule has 1 unspecified atom stereocenters. The number of benzene rings is 3. The normalized spacial score (nSPS) is 12.0. The van der Waals surface area contributed by atoms with Gasteiger partial charge in [-0.3, -0.25) is 14.2 Å². The third-order valence-corrected chi connectivity index (χ3v) is 6.46. The minimum atomic E-state index is -0.508. The second kappa shape index (κ2) is 9.58. The lowest BCUT2D eigenvalue weighted by Gasteiger charge is -2.22. The first-order chi connectivity index (χ1) is 15.8. The average Bonchev–Trinajstić information content (AvgIpc) is 2.79. The number of rotatable bonds is 6. The van der Waals surface area contributed by atoms with Gasteiger partial charge in [0.25, 0.3) is 5.56 Å². The van der Waals surface area contributed by atoms with Crippen LogP contribution in [0.3, 0.4) is 0 Å². The number of nitrogens with zero attached hydrogens (tertiary/aromatic N) is 3. The molecule has 1 heterocycles. The van der Waals surface area contributed by atoms with Gasteiger partial charge >= 0.3 is 0 Å². The summed E-state index contributed by atoms with van der Waals surface area (Å²) in [4.78, 5) is 32.8. The van der Waals surface area contributed by atoms with Gasteiger partial charge in [0.2, 0.25) is 5.91 Å². The number of hydrogen-bond acceptors (Lipinski definition) is 4. The quantitative estimate of drug-likeness (QED) is 0.300. The second-order valence-electron chi connectivity index (χ2n) is 7.92. The van der Waals surface area contributed by atoms with Crippen LogP contribution in [-0.4, -0.2) is 32.7 Å². The first kappa shape index (κ1) is 22.7. The number of fused-ring (bicyclic) bond motifs is 1. The lowest BCUT2D eigenvalue weighted by Crippen LogP contribution is -2.33. The van der Waals surface area contributed by atoms with E-state index in [1.807, 2.05) is 43.3 Å². The van der Waals surface area contributed by atoms with Crippen molar-refractivity contribution < 1.29 is 9.18 Å². The summed E-state index contributed by atoms with van der Waals surface area (Å²) in [5, 5.41) is 0.465. The molecule has 0 radical (unpaired) electrons. The van der Waals surface area contributed by atoms with Crippen molar-refractivity contribution in [3.8, 4) is 5.69 Å². The summed E-state index contributed by atoms with van der Waals surface area (Å²) >= 11 is 1.24. The van der Waals surface area contributed by atoms with Crippen molar-refractivity contribution in [2.45, 2.75) is 30.8 Å². The lowest BCUT2D eigenvalue weighted by atomic mass is 10.2. The number of amides is 1. The molecule has 3 aromatic carbocycles. The maximum Gasteiger partial charge on any atom is 0.266 e. The SMILES string of the molecule is Cc1ccccc1-n1c(SC(C)C(=O)N(C)Cc2cccc(F)c2)nc2ccccc2c1=O.